The Kier molecular flexibility index (Phi) is 4.95. The van der Waals surface area contributed by atoms with E-state index in [1.165, 1.54) is 19.2 Å². The Balaban J connectivity index is 2.18. The van der Waals surface area contributed by atoms with Gasteiger partial charge in [-0.05, 0) is 18.2 Å². The normalized spacial score (nSPS) is 10.1. The van der Waals surface area contributed by atoms with Gasteiger partial charge in [0.2, 0.25) is 0 Å². The van der Waals surface area contributed by atoms with Crippen LogP contribution in [-0.2, 0) is 11.3 Å². The van der Waals surface area contributed by atoms with Crippen molar-refractivity contribution in [3.63, 3.8) is 0 Å². The number of halogens is 1. The number of methoxy groups -OCH3 is 1. The van der Waals surface area contributed by atoms with E-state index in [4.69, 9.17) is 21.1 Å². The van der Waals surface area contributed by atoms with Crippen molar-refractivity contribution in [3.8, 4) is 5.75 Å². The summed E-state index contributed by atoms with van der Waals surface area (Å²) >= 11 is 5.71. The van der Waals surface area contributed by atoms with Gasteiger partial charge in [0.1, 0.15) is 17.9 Å². The molecule has 0 heterocycles. The summed E-state index contributed by atoms with van der Waals surface area (Å²) in [4.78, 5) is 22.3. The number of carbonyl (C=O) groups is 1. The van der Waals surface area contributed by atoms with Crippen molar-refractivity contribution >= 4 is 23.3 Å². The maximum Gasteiger partial charge on any atom is 0.345 e. The molecule has 2 aromatic rings. The van der Waals surface area contributed by atoms with E-state index in [0.29, 0.717) is 11.3 Å². The second-order valence-corrected chi connectivity index (χ2v) is 4.74. The Morgan fingerprint density at radius 2 is 2.00 bits per heavy atom. The van der Waals surface area contributed by atoms with Crippen LogP contribution in [0.15, 0.2) is 42.5 Å². The highest BCUT2D eigenvalue weighted by Crippen LogP contribution is 2.25. The summed E-state index contributed by atoms with van der Waals surface area (Å²) in [7, 11) is 1.50. The third kappa shape index (κ3) is 3.53. The Bertz CT molecular complexity index is 717. The quantitative estimate of drug-likeness (QED) is 0.477. The highest BCUT2D eigenvalue weighted by Gasteiger charge is 2.22. The zero-order chi connectivity index (χ0) is 16.1. The van der Waals surface area contributed by atoms with E-state index in [2.05, 4.69) is 0 Å². The fourth-order valence-electron chi connectivity index (χ4n) is 1.87. The molecular weight excluding hydrogens is 310 g/mol. The van der Waals surface area contributed by atoms with Crippen molar-refractivity contribution in [1.29, 1.82) is 0 Å². The van der Waals surface area contributed by atoms with Crippen LogP contribution in [0.2, 0.25) is 5.02 Å². The van der Waals surface area contributed by atoms with Crippen LogP contribution in [-0.4, -0.2) is 18.0 Å². The second kappa shape index (κ2) is 6.91. The molecule has 0 spiro atoms. The van der Waals surface area contributed by atoms with Crippen molar-refractivity contribution in [2.45, 2.75) is 6.61 Å². The fourth-order valence-corrected chi connectivity index (χ4v) is 2.04. The van der Waals surface area contributed by atoms with E-state index in [9.17, 15) is 14.9 Å². The lowest BCUT2D eigenvalue weighted by atomic mass is 10.2. The minimum atomic E-state index is -0.797. The van der Waals surface area contributed by atoms with Gasteiger partial charge in [0, 0.05) is 16.7 Å². The van der Waals surface area contributed by atoms with Gasteiger partial charge in [-0.15, -0.1) is 0 Å². The van der Waals surface area contributed by atoms with Crippen LogP contribution in [0.1, 0.15) is 15.9 Å². The highest BCUT2D eigenvalue weighted by atomic mass is 35.5. The molecule has 0 bridgehead atoms. The largest absolute Gasteiger partial charge is 0.496 e. The molecule has 0 aliphatic carbocycles. The van der Waals surface area contributed by atoms with Crippen LogP contribution in [0.3, 0.4) is 0 Å². The van der Waals surface area contributed by atoms with Gasteiger partial charge in [-0.25, -0.2) is 4.79 Å². The molecule has 0 atom stereocenters. The first-order valence-electron chi connectivity index (χ1n) is 6.26. The van der Waals surface area contributed by atoms with Crippen LogP contribution in [0.25, 0.3) is 0 Å². The van der Waals surface area contributed by atoms with E-state index in [1.807, 2.05) is 0 Å². The molecule has 0 saturated heterocycles. The molecule has 2 rings (SSSR count). The van der Waals surface area contributed by atoms with E-state index in [0.717, 1.165) is 6.07 Å². The molecule has 0 saturated carbocycles. The summed E-state index contributed by atoms with van der Waals surface area (Å²) in [6, 6.07) is 10.8. The lowest BCUT2D eigenvalue weighted by Crippen LogP contribution is -2.08. The van der Waals surface area contributed by atoms with E-state index >= 15 is 0 Å². The van der Waals surface area contributed by atoms with Crippen molar-refractivity contribution in [1.82, 2.24) is 0 Å². The van der Waals surface area contributed by atoms with Gasteiger partial charge in [0.25, 0.3) is 5.69 Å². The highest BCUT2D eigenvalue weighted by molar-refractivity contribution is 6.31. The summed E-state index contributed by atoms with van der Waals surface area (Å²) in [6.07, 6.45) is 0. The molecule has 0 aromatic heterocycles. The molecule has 114 valence electrons. The smallest absolute Gasteiger partial charge is 0.345 e. The van der Waals surface area contributed by atoms with Gasteiger partial charge >= 0.3 is 5.97 Å². The lowest BCUT2D eigenvalue weighted by Gasteiger charge is -2.09. The zero-order valence-electron chi connectivity index (χ0n) is 11.6. The summed E-state index contributed by atoms with van der Waals surface area (Å²) in [5, 5.41) is 11.1. The SMILES string of the molecule is COc1ccccc1COC(=O)c1ccc(Cl)cc1[N+](=O)[O-]. The fraction of sp³-hybridized carbons (Fsp3) is 0.133. The van der Waals surface area contributed by atoms with Crippen LogP contribution in [0.5, 0.6) is 5.75 Å². The molecule has 0 unspecified atom stereocenters. The number of rotatable bonds is 5. The van der Waals surface area contributed by atoms with Gasteiger partial charge in [0.15, 0.2) is 0 Å². The third-order valence-corrected chi connectivity index (χ3v) is 3.16. The average Bonchev–Trinajstić information content (AvgIpc) is 2.52. The molecule has 0 aliphatic rings. The molecule has 0 aliphatic heterocycles. The van der Waals surface area contributed by atoms with E-state index in [1.54, 1.807) is 24.3 Å². The number of nitrogens with zero attached hydrogens (tertiary/aromatic N) is 1. The molecule has 0 amide bonds. The first kappa shape index (κ1) is 15.8. The first-order valence-corrected chi connectivity index (χ1v) is 6.63. The Labute approximate surface area is 131 Å². The molecule has 7 heteroatoms. The number of hydrogen-bond acceptors (Lipinski definition) is 5. The molecule has 0 radical (unpaired) electrons. The monoisotopic (exact) mass is 321 g/mol. The number of nitro groups is 1. The van der Waals surface area contributed by atoms with Crippen molar-refractivity contribution in [2.75, 3.05) is 7.11 Å². The first-order chi connectivity index (χ1) is 10.5. The van der Waals surface area contributed by atoms with E-state index in [-0.39, 0.29) is 17.2 Å². The van der Waals surface area contributed by atoms with Crippen molar-refractivity contribution in [2.24, 2.45) is 0 Å². The number of esters is 1. The maximum atomic E-state index is 12.0. The standard InChI is InChI=1S/C15H12ClNO5/c1-21-14-5-3-2-4-10(14)9-22-15(18)12-7-6-11(16)8-13(12)17(19)20/h2-8H,9H2,1H3. The van der Waals surface area contributed by atoms with Crippen molar-refractivity contribution in [3.05, 3.63) is 68.7 Å². The Morgan fingerprint density at radius 1 is 1.27 bits per heavy atom. The van der Waals surface area contributed by atoms with Crippen LogP contribution in [0, 0.1) is 10.1 Å². The summed E-state index contributed by atoms with van der Waals surface area (Å²) < 4.78 is 10.3. The summed E-state index contributed by atoms with van der Waals surface area (Å²) in [6.45, 7) is -0.0529. The predicted molar refractivity (Wildman–Crippen MR) is 80.2 cm³/mol. The number of benzene rings is 2. The van der Waals surface area contributed by atoms with E-state index < -0.39 is 16.6 Å². The van der Waals surface area contributed by atoms with Gasteiger partial charge in [-0.1, -0.05) is 29.8 Å². The summed E-state index contributed by atoms with van der Waals surface area (Å²) in [5.41, 5.74) is 0.122. The topological polar surface area (TPSA) is 78.7 Å². The molecule has 2 aromatic carbocycles. The molecule has 0 fully saturated rings. The zero-order valence-corrected chi connectivity index (χ0v) is 12.4. The Hall–Kier alpha value is -2.60. The lowest BCUT2D eigenvalue weighted by molar-refractivity contribution is -0.385. The van der Waals surface area contributed by atoms with Gasteiger partial charge in [-0.2, -0.15) is 0 Å². The predicted octanol–water partition coefficient (Wildman–Crippen LogP) is 3.61. The van der Waals surface area contributed by atoms with Crippen LogP contribution < -0.4 is 4.74 Å². The molecular formula is C15H12ClNO5. The molecule has 22 heavy (non-hydrogen) atoms. The number of nitro benzene ring substituents is 1. The third-order valence-electron chi connectivity index (χ3n) is 2.93. The number of ether oxygens (including phenoxy) is 2. The minimum absolute atomic E-state index is 0.0529. The summed E-state index contributed by atoms with van der Waals surface area (Å²) in [5.74, 6) is -0.227. The maximum absolute atomic E-state index is 12.0. The molecule has 0 N–H and O–H groups in total. The van der Waals surface area contributed by atoms with Gasteiger partial charge in [-0.3, -0.25) is 10.1 Å². The van der Waals surface area contributed by atoms with Crippen LogP contribution >= 0.6 is 11.6 Å². The number of para-hydroxylation sites is 1. The number of carbonyl (C=O) groups excluding carboxylic acids is 1. The Morgan fingerprint density at radius 3 is 2.68 bits per heavy atom. The number of hydrogen-bond donors (Lipinski definition) is 0. The minimum Gasteiger partial charge on any atom is -0.496 e. The van der Waals surface area contributed by atoms with Gasteiger partial charge in [0.05, 0.1) is 12.0 Å². The molecule has 6 nitrogen and oxygen atoms in total. The van der Waals surface area contributed by atoms with Crippen molar-refractivity contribution < 1.29 is 19.2 Å². The second-order valence-electron chi connectivity index (χ2n) is 4.31. The average molecular weight is 322 g/mol. The van der Waals surface area contributed by atoms with Gasteiger partial charge < -0.3 is 9.47 Å². The van der Waals surface area contributed by atoms with Crippen LogP contribution in [0.4, 0.5) is 5.69 Å².